The first-order valence-electron chi connectivity index (χ1n) is 6.00. The second-order valence-corrected chi connectivity index (χ2v) is 5.15. The van der Waals surface area contributed by atoms with Gasteiger partial charge in [-0.15, -0.1) is 0 Å². The molecule has 0 aliphatic heterocycles. The number of nitrogens with zero attached hydrogens (tertiary/aromatic N) is 2. The van der Waals surface area contributed by atoms with Gasteiger partial charge in [-0.25, -0.2) is 4.79 Å². The molecule has 0 radical (unpaired) electrons. The number of aromatic nitrogens is 2. The zero-order valence-corrected chi connectivity index (χ0v) is 11.6. The van der Waals surface area contributed by atoms with E-state index in [2.05, 4.69) is 10.4 Å². The van der Waals surface area contributed by atoms with Gasteiger partial charge in [0.05, 0.1) is 24.4 Å². The Morgan fingerprint density at radius 2 is 2.39 bits per heavy atom. The predicted molar refractivity (Wildman–Crippen MR) is 68.5 cm³/mol. The second kappa shape index (κ2) is 4.90. The lowest BCUT2D eigenvalue weighted by Gasteiger charge is -2.30. The fraction of sp³-hybridized carbons (Fsp3) is 0.667. The number of hydrogen-bond acceptors (Lipinski definition) is 4. The van der Waals surface area contributed by atoms with Gasteiger partial charge in [0.25, 0.3) is 0 Å². The van der Waals surface area contributed by atoms with Crippen LogP contribution < -0.4 is 5.32 Å². The van der Waals surface area contributed by atoms with Crippen LogP contribution in [-0.4, -0.2) is 35.4 Å². The van der Waals surface area contributed by atoms with Crippen LogP contribution in [0, 0.1) is 12.8 Å². The minimum Gasteiger partial charge on any atom is -0.468 e. The summed E-state index contributed by atoms with van der Waals surface area (Å²) >= 11 is 5.99. The number of methoxy groups -OCH3 is 1. The number of rotatable bonds is 5. The monoisotopic (exact) mass is 271 g/mol. The number of nitrogens with one attached hydrogen (secondary N) is 1. The summed E-state index contributed by atoms with van der Waals surface area (Å²) in [5.41, 5.74) is 0.0682. The number of likely N-dealkylation sites (N-methyl/N-ethyl adjacent to an activating group) is 1. The van der Waals surface area contributed by atoms with Gasteiger partial charge in [-0.05, 0) is 32.7 Å². The van der Waals surface area contributed by atoms with Crippen LogP contribution in [0.3, 0.4) is 0 Å². The number of hydrogen-bond donors (Lipinski definition) is 1. The molecule has 0 spiro atoms. The van der Waals surface area contributed by atoms with E-state index in [9.17, 15) is 4.79 Å². The van der Waals surface area contributed by atoms with Crippen LogP contribution in [0.1, 0.15) is 18.5 Å². The Labute approximate surface area is 111 Å². The van der Waals surface area contributed by atoms with Gasteiger partial charge in [-0.2, -0.15) is 5.10 Å². The third-order valence-electron chi connectivity index (χ3n) is 3.57. The van der Waals surface area contributed by atoms with Crippen LogP contribution in [0.2, 0.25) is 5.02 Å². The van der Waals surface area contributed by atoms with E-state index in [-0.39, 0.29) is 5.97 Å². The molecule has 0 aromatic carbocycles. The molecule has 1 atom stereocenters. The van der Waals surface area contributed by atoms with Gasteiger partial charge >= 0.3 is 5.97 Å². The number of ether oxygens (including phenoxy) is 1. The Kier molecular flexibility index (Phi) is 3.64. The number of carbonyl (C=O) groups excluding carboxylic acids is 1. The fourth-order valence-electron chi connectivity index (χ4n) is 2.33. The van der Waals surface area contributed by atoms with Crippen molar-refractivity contribution < 1.29 is 9.53 Å². The van der Waals surface area contributed by atoms with Gasteiger partial charge in [0.1, 0.15) is 5.54 Å². The predicted octanol–water partition coefficient (Wildman–Crippen LogP) is 1.39. The van der Waals surface area contributed by atoms with Crippen molar-refractivity contribution in [2.75, 3.05) is 14.2 Å². The number of halogens is 1. The topological polar surface area (TPSA) is 56.2 Å². The summed E-state index contributed by atoms with van der Waals surface area (Å²) in [5, 5.41) is 8.05. The zero-order chi connectivity index (χ0) is 13.3. The Hall–Kier alpha value is -1.07. The molecule has 1 N–H and O–H groups in total. The zero-order valence-electron chi connectivity index (χ0n) is 10.9. The molecule has 1 aliphatic carbocycles. The molecule has 1 aromatic heterocycles. The molecule has 0 bridgehead atoms. The first-order chi connectivity index (χ1) is 8.53. The summed E-state index contributed by atoms with van der Waals surface area (Å²) in [6.45, 7) is 2.28. The third-order valence-corrected chi connectivity index (χ3v) is 3.94. The number of aryl methyl sites for hydroxylation is 1. The molecule has 1 fully saturated rings. The summed E-state index contributed by atoms with van der Waals surface area (Å²) in [5.74, 6) is 0.0648. The third kappa shape index (κ3) is 2.24. The van der Waals surface area contributed by atoms with Crippen molar-refractivity contribution in [3.63, 3.8) is 0 Å². The van der Waals surface area contributed by atoms with Crippen molar-refractivity contribution in [3.05, 3.63) is 16.9 Å². The Morgan fingerprint density at radius 3 is 2.78 bits per heavy atom. The molecule has 1 aliphatic rings. The highest BCUT2D eigenvalue weighted by Crippen LogP contribution is 2.41. The molecule has 0 saturated heterocycles. The Morgan fingerprint density at radius 1 is 1.72 bits per heavy atom. The standard InChI is InChI=1S/C12H18ClN3O2/c1-8-10(13)6-16(15-8)7-12(14-2,9-4-5-9)11(17)18-3/h6,9,14H,4-5,7H2,1-3H3. The molecule has 1 saturated carbocycles. The summed E-state index contributed by atoms with van der Waals surface area (Å²) in [4.78, 5) is 12.1. The molecular weight excluding hydrogens is 254 g/mol. The molecule has 1 aromatic rings. The quantitative estimate of drug-likeness (QED) is 0.822. The lowest BCUT2D eigenvalue weighted by molar-refractivity contribution is -0.150. The largest absolute Gasteiger partial charge is 0.468 e. The second-order valence-electron chi connectivity index (χ2n) is 4.75. The van der Waals surface area contributed by atoms with Crippen molar-refractivity contribution in [1.29, 1.82) is 0 Å². The molecule has 5 nitrogen and oxygen atoms in total. The maximum absolute atomic E-state index is 12.1. The van der Waals surface area contributed by atoms with Gasteiger partial charge in [-0.3, -0.25) is 4.68 Å². The van der Waals surface area contributed by atoms with Crippen LogP contribution in [-0.2, 0) is 16.1 Å². The van der Waals surface area contributed by atoms with E-state index in [0.29, 0.717) is 17.5 Å². The molecule has 6 heteroatoms. The van der Waals surface area contributed by atoms with E-state index < -0.39 is 5.54 Å². The van der Waals surface area contributed by atoms with Crippen molar-refractivity contribution in [2.24, 2.45) is 5.92 Å². The van der Waals surface area contributed by atoms with Gasteiger partial charge < -0.3 is 10.1 Å². The van der Waals surface area contributed by atoms with Crippen LogP contribution in [0.25, 0.3) is 0 Å². The number of esters is 1. The molecule has 18 heavy (non-hydrogen) atoms. The van der Waals surface area contributed by atoms with Crippen LogP contribution in [0.15, 0.2) is 6.20 Å². The lowest BCUT2D eigenvalue weighted by Crippen LogP contribution is -2.56. The van der Waals surface area contributed by atoms with E-state index in [4.69, 9.17) is 16.3 Å². The summed E-state index contributed by atoms with van der Waals surface area (Å²) in [7, 11) is 3.20. The summed E-state index contributed by atoms with van der Waals surface area (Å²) in [6.07, 6.45) is 3.81. The molecule has 1 heterocycles. The molecule has 2 rings (SSSR count). The first kappa shape index (κ1) is 13.4. The smallest absolute Gasteiger partial charge is 0.328 e. The maximum Gasteiger partial charge on any atom is 0.328 e. The Bertz CT molecular complexity index is 437. The van der Waals surface area contributed by atoms with Crippen molar-refractivity contribution in [3.8, 4) is 0 Å². The van der Waals surface area contributed by atoms with Crippen molar-refractivity contribution in [2.45, 2.75) is 31.8 Å². The normalized spacial score (nSPS) is 18.4. The lowest BCUT2D eigenvalue weighted by atomic mass is 9.93. The SMILES string of the molecule is CNC(Cn1cc(Cl)c(C)n1)(C(=O)OC)C1CC1. The van der Waals surface area contributed by atoms with E-state index >= 15 is 0 Å². The fourth-order valence-corrected chi connectivity index (χ4v) is 2.48. The molecular formula is C12H18ClN3O2. The average Bonchev–Trinajstić information content (AvgIpc) is 3.14. The first-order valence-corrected chi connectivity index (χ1v) is 6.38. The minimum atomic E-state index is -0.698. The number of carbonyl (C=O) groups is 1. The van der Waals surface area contributed by atoms with Gasteiger partial charge in [0.2, 0.25) is 0 Å². The van der Waals surface area contributed by atoms with E-state index in [0.717, 1.165) is 18.5 Å². The molecule has 100 valence electrons. The van der Waals surface area contributed by atoms with Crippen LogP contribution in [0.4, 0.5) is 0 Å². The van der Waals surface area contributed by atoms with Crippen molar-refractivity contribution >= 4 is 17.6 Å². The van der Waals surface area contributed by atoms with Crippen molar-refractivity contribution in [1.82, 2.24) is 15.1 Å². The Balaban J connectivity index is 2.27. The molecule has 1 unspecified atom stereocenters. The van der Waals surface area contributed by atoms with Crippen LogP contribution in [0.5, 0.6) is 0 Å². The molecule has 0 amide bonds. The van der Waals surface area contributed by atoms with Gasteiger partial charge in [-0.1, -0.05) is 11.6 Å². The maximum atomic E-state index is 12.1. The summed E-state index contributed by atoms with van der Waals surface area (Å²) < 4.78 is 6.65. The minimum absolute atomic E-state index is 0.239. The highest BCUT2D eigenvalue weighted by atomic mass is 35.5. The highest BCUT2D eigenvalue weighted by molar-refractivity contribution is 6.31. The highest BCUT2D eigenvalue weighted by Gasteiger charge is 2.51. The average molecular weight is 272 g/mol. The van der Waals surface area contributed by atoms with Gasteiger partial charge in [0.15, 0.2) is 0 Å². The summed E-state index contributed by atoms with van der Waals surface area (Å²) in [6, 6.07) is 0. The van der Waals surface area contributed by atoms with Crippen LogP contribution >= 0.6 is 11.6 Å². The van der Waals surface area contributed by atoms with Gasteiger partial charge in [0, 0.05) is 6.20 Å². The van der Waals surface area contributed by atoms with E-state index in [1.165, 1.54) is 7.11 Å². The van der Waals surface area contributed by atoms with E-state index in [1.807, 2.05) is 6.92 Å². The van der Waals surface area contributed by atoms with E-state index in [1.54, 1.807) is 17.9 Å².